The zero-order valence-electron chi connectivity index (χ0n) is 20.3. The number of ether oxygens (including phenoxy) is 2. The van der Waals surface area contributed by atoms with Crippen LogP contribution in [0, 0.1) is 17.5 Å². The highest BCUT2D eigenvalue weighted by Crippen LogP contribution is 2.53. The summed E-state index contributed by atoms with van der Waals surface area (Å²) in [4.78, 5) is 11.9. The quantitative estimate of drug-likeness (QED) is 0.364. The Labute approximate surface area is 204 Å². The number of H-pyrrole nitrogens is 1. The Bertz CT molecular complexity index is 1500. The second kappa shape index (κ2) is 8.35. The molecule has 0 spiro atoms. The third-order valence-corrected chi connectivity index (χ3v) is 7.29. The van der Waals surface area contributed by atoms with Crippen molar-refractivity contribution in [1.29, 1.82) is 0 Å². The van der Waals surface area contributed by atoms with Crippen molar-refractivity contribution in [2.75, 3.05) is 20.8 Å². The molecule has 0 bridgehead atoms. The molecule has 0 saturated heterocycles. The van der Waals surface area contributed by atoms with Crippen LogP contribution in [0.25, 0.3) is 27.5 Å². The number of methoxy groups -OCH3 is 2. The van der Waals surface area contributed by atoms with E-state index in [0.717, 1.165) is 12.1 Å². The lowest BCUT2D eigenvalue weighted by Crippen LogP contribution is -2.51. The van der Waals surface area contributed by atoms with E-state index in [9.17, 15) is 18.7 Å². The maximum Gasteiger partial charge on any atom is 0.335 e. The topological polar surface area (TPSA) is 89.4 Å². The minimum atomic E-state index is -1.38. The average Bonchev–Trinajstić information content (AvgIpc) is 3.39. The van der Waals surface area contributed by atoms with Gasteiger partial charge in [-0.3, -0.25) is 5.10 Å². The van der Waals surface area contributed by atoms with E-state index in [2.05, 4.69) is 10.2 Å². The van der Waals surface area contributed by atoms with Crippen LogP contribution in [-0.4, -0.2) is 52.3 Å². The lowest BCUT2D eigenvalue weighted by Gasteiger charge is -2.44. The van der Waals surface area contributed by atoms with Crippen molar-refractivity contribution < 1.29 is 32.5 Å². The van der Waals surface area contributed by atoms with E-state index >= 15 is 4.39 Å². The first-order chi connectivity index (χ1) is 17.0. The molecule has 2 aromatic carbocycles. The molecule has 4 aromatic rings. The highest BCUT2D eigenvalue weighted by molar-refractivity contribution is 6.00. The van der Waals surface area contributed by atoms with Gasteiger partial charge in [-0.15, -0.1) is 0 Å². The van der Waals surface area contributed by atoms with Crippen LogP contribution in [0.3, 0.4) is 0 Å². The van der Waals surface area contributed by atoms with Crippen LogP contribution in [0.1, 0.15) is 43.9 Å². The maximum absolute atomic E-state index is 16.1. The first-order valence-corrected chi connectivity index (χ1v) is 11.5. The minimum Gasteiger partial charge on any atom is -0.479 e. The van der Waals surface area contributed by atoms with Crippen LogP contribution in [0.2, 0.25) is 0 Å². The van der Waals surface area contributed by atoms with Crippen LogP contribution in [0.5, 0.6) is 0 Å². The highest BCUT2D eigenvalue weighted by Gasteiger charge is 2.54. The van der Waals surface area contributed by atoms with Gasteiger partial charge in [0.15, 0.2) is 23.1 Å². The Hall–Kier alpha value is -3.37. The molecule has 7 nitrogen and oxygen atoms in total. The van der Waals surface area contributed by atoms with Gasteiger partial charge in [0.1, 0.15) is 5.52 Å². The van der Waals surface area contributed by atoms with E-state index in [1.165, 1.54) is 19.4 Å². The number of halogens is 3. The van der Waals surface area contributed by atoms with Gasteiger partial charge in [0, 0.05) is 47.9 Å². The molecule has 1 fully saturated rings. The fraction of sp³-hybridized carbons (Fsp3) is 0.385. The number of aliphatic carboxylic acids is 1. The Balaban J connectivity index is 1.90. The van der Waals surface area contributed by atoms with Crippen LogP contribution < -0.4 is 0 Å². The van der Waals surface area contributed by atoms with Gasteiger partial charge in [-0.2, -0.15) is 5.10 Å². The fourth-order valence-electron chi connectivity index (χ4n) is 5.58. The Morgan fingerprint density at radius 2 is 1.94 bits per heavy atom. The number of carboxylic acids is 1. The number of aromatic nitrogens is 3. The molecule has 1 saturated carbocycles. The fourth-order valence-corrected chi connectivity index (χ4v) is 5.58. The van der Waals surface area contributed by atoms with Gasteiger partial charge in [0.05, 0.1) is 18.3 Å². The molecular formula is C26H26F3N3O4. The summed E-state index contributed by atoms with van der Waals surface area (Å²) in [6.45, 7) is 4.06. The third kappa shape index (κ3) is 3.42. The van der Waals surface area contributed by atoms with Gasteiger partial charge < -0.3 is 19.1 Å². The van der Waals surface area contributed by atoms with E-state index in [0.29, 0.717) is 27.8 Å². The first-order valence-electron chi connectivity index (χ1n) is 11.5. The van der Waals surface area contributed by atoms with E-state index in [4.69, 9.17) is 9.47 Å². The van der Waals surface area contributed by atoms with Gasteiger partial charge in [0.25, 0.3) is 0 Å². The average molecular weight is 502 g/mol. The SMILES string of the molecule is COCC(C)(C)c1c([C@H]2C[C@](OC)(C(=O)O)C2)c2c(F)c3[nH]ncc3cc2n1-c1ccc(F)c(F)c1. The van der Waals surface area contributed by atoms with Crippen molar-refractivity contribution in [3.05, 3.63) is 59.2 Å². The predicted octanol–water partition coefficient (Wildman–Crippen LogP) is 5.20. The van der Waals surface area contributed by atoms with Crippen molar-refractivity contribution in [2.24, 2.45) is 0 Å². The van der Waals surface area contributed by atoms with Crippen molar-refractivity contribution in [3.63, 3.8) is 0 Å². The number of nitrogens with one attached hydrogen (secondary N) is 1. The number of aromatic amines is 1. The molecule has 0 unspecified atom stereocenters. The van der Waals surface area contributed by atoms with E-state index < -0.39 is 34.4 Å². The largest absolute Gasteiger partial charge is 0.479 e. The normalized spacial score (nSPS) is 20.2. The second-order valence-electron chi connectivity index (χ2n) is 10.0. The summed E-state index contributed by atoms with van der Waals surface area (Å²) in [7, 11) is 2.89. The summed E-state index contributed by atoms with van der Waals surface area (Å²) < 4.78 is 57.0. The van der Waals surface area contributed by atoms with Gasteiger partial charge >= 0.3 is 5.97 Å². The zero-order valence-corrected chi connectivity index (χ0v) is 20.3. The maximum atomic E-state index is 16.1. The molecule has 0 aliphatic heterocycles. The number of fused-ring (bicyclic) bond motifs is 2. The number of benzene rings is 2. The van der Waals surface area contributed by atoms with Crippen LogP contribution in [0.4, 0.5) is 13.2 Å². The second-order valence-corrected chi connectivity index (χ2v) is 10.0. The molecule has 0 radical (unpaired) electrons. The number of carbonyl (C=O) groups is 1. The number of rotatable bonds is 7. The smallest absolute Gasteiger partial charge is 0.335 e. The summed E-state index contributed by atoms with van der Waals surface area (Å²) in [5, 5.41) is 17.2. The molecule has 2 heterocycles. The summed E-state index contributed by atoms with van der Waals surface area (Å²) in [5.74, 6) is -4.03. The number of hydrogen-bond acceptors (Lipinski definition) is 4. The van der Waals surface area contributed by atoms with Crippen molar-refractivity contribution in [3.8, 4) is 5.69 Å². The van der Waals surface area contributed by atoms with Gasteiger partial charge in [-0.1, -0.05) is 13.8 Å². The standard InChI is InChI=1S/C26H26F3N3O4/c1-25(2,12-35-3)23-19(14-9-26(10-14,36-4)24(33)34)20-18(7-13-11-30-31-22(13)21(20)29)32(23)15-5-6-16(27)17(28)8-15/h5-8,11,14H,9-10,12H2,1-4H3,(H,30,31)(H,33,34)/t14-,26+. The van der Waals surface area contributed by atoms with Gasteiger partial charge in [-0.05, 0) is 42.5 Å². The Kier molecular flexibility index (Phi) is 5.64. The summed E-state index contributed by atoms with van der Waals surface area (Å²) >= 11 is 0. The van der Waals surface area contributed by atoms with E-state index in [-0.39, 0.29) is 36.3 Å². The van der Waals surface area contributed by atoms with Crippen molar-refractivity contribution in [1.82, 2.24) is 14.8 Å². The van der Waals surface area contributed by atoms with Gasteiger partial charge in [-0.25, -0.2) is 18.0 Å². The lowest BCUT2D eigenvalue weighted by molar-refractivity contribution is -0.175. The molecule has 1 aliphatic rings. The number of carboxylic acid groups (broad SMARTS) is 1. The molecule has 0 atom stereocenters. The minimum absolute atomic E-state index is 0.131. The van der Waals surface area contributed by atoms with Crippen molar-refractivity contribution in [2.45, 2.75) is 43.6 Å². The molecule has 36 heavy (non-hydrogen) atoms. The summed E-state index contributed by atoms with van der Waals surface area (Å²) in [5.41, 5.74) is 0.0793. The molecule has 2 aromatic heterocycles. The Morgan fingerprint density at radius 1 is 1.22 bits per heavy atom. The monoisotopic (exact) mass is 501 g/mol. The third-order valence-electron chi connectivity index (χ3n) is 7.29. The molecule has 190 valence electrons. The first kappa shape index (κ1) is 24.3. The predicted molar refractivity (Wildman–Crippen MR) is 127 cm³/mol. The highest BCUT2D eigenvalue weighted by atomic mass is 19.2. The molecule has 0 amide bonds. The molecule has 10 heteroatoms. The van der Waals surface area contributed by atoms with E-state index in [1.54, 1.807) is 17.7 Å². The van der Waals surface area contributed by atoms with Crippen molar-refractivity contribution >= 4 is 27.8 Å². The molecular weight excluding hydrogens is 475 g/mol. The number of nitrogens with zero attached hydrogens (tertiary/aromatic N) is 2. The summed E-state index contributed by atoms with van der Waals surface area (Å²) in [6.07, 6.45) is 1.75. The Morgan fingerprint density at radius 3 is 2.56 bits per heavy atom. The van der Waals surface area contributed by atoms with Crippen LogP contribution >= 0.6 is 0 Å². The molecule has 2 N–H and O–H groups in total. The molecule has 5 rings (SSSR count). The summed E-state index contributed by atoms with van der Waals surface area (Å²) in [6, 6.07) is 5.27. The zero-order chi connectivity index (χ0) is 26.0. The number of hydrogen-bond donors (Lipinski definition) is 2. The lowest BCUT2D eigenvalue weighted by atomic mass is 9.65. The van der Waals surface area contributed by atoms with Crippen LogP contribution in [0.15, 0.2) is 30.5 Å². The van der Waals surface area contributed by atoms with Crippen LogP contribution in [-0.2, 0) is 19.7 Å². The molecule has 1 aliphatic carbocycles. The van der Waals surface area contributed by atoms with Gasteiger partial charge in [0.2, 0.25) is 0 Å². The van der Waals surface area contributed by atoms with E-state index in [1.807, 2.05) is 13.8 Å².